The number of anilines is 1. The van der Waals surface area contributed by atoms with Crippen molar-refractivity contribution in [3.8, 4) is 0 Å². The predicted octanol–water partition coefficient (Wildman–Crippen LogP) is 2.22. The fourth-order valence-corrected chi connectivity index (χ4v) is 1.44. The molecule has 2 N–H and O–H groups in total. The van der Waals surface area contributed by atoms with E-state index in [1.54, 1.807) is 24.3 Å². The fourth-order valence-electron chi connectivity index (χ4n) is 1.44. The largest absolute Gasteiger partial charge is 0.324 e. The maximum Gasteiger partial charge on any atom is 0.238 e. The molecule has 0 radical (unpaired) electrons. The van der Waals surface area contributed by atoms with Gasteiger partial charge in [0.15, 0.2) is 5.78 Å². The van der Waals surface area contributed by atoms with Gasteiger partial charge >= 0.3 is 0 Å². The van der Waals surface area contributed by atoms with Crippen LogP contribution in [-0.4, -0.2) is 23.8 Å². The number of carbonyl (C=O) groups is 2. The number of hydrogen-bond donors (Lipinski definition) is 2. The van der Waals surface area contributed by atoms with Gasteiger partial charge in [-0.05, 0) is 39.8 Å². The van der Waals surface area contributed by atoms with E-state index >= 15 is 0 Å². The molecule has 0 aliphatic heterocycles. The first-order chi connectivity index (χ1) is 8.29. The molecule has 1 amide bonds. The molecule has 0 heterocycles. The van der Waals surface area contributed by atoms with Crippen LogP contribution in [0.2, 0.25) is 0 Å². The lowest BCUT2D eigenvalue weighted by molar-refractivity contribution is -0.115. The second-order valence-corrected chi connectivity index (χ2v) is 5.25. The average molecular weight is 248 g/mol. The lowest BCUT2D eigenvalue weighted by Crippen LogP contribution is -2.41. The Morgan fingerprint density at radius 2 is 1.78 bits per heavy atom. The summed E-state index contributed by atoms with van der Waals surface area (Å²) in [6, 6.07) is 7.00. The number of rotatable bonds is 4. The minimum Gasteiger partial charge on any atom is -0.324 e. The Morgan fingerprint density at radius 3 is 2.33 bits per heavy atom. The first kappa shape index (κ1) is 14.4. The van der Waals surface area contributed by atoms with Crippen LogP contribution in [-0.2, 0) is 4.79 Å². The zero-order valence-electron chi connectivity index (χ0n) is 11.3. The van der Waals surface area contributed by atoms with Gasteiger partial charge in [0.25, 0.3) is 0 Å². The summed E-state index contributed by atoms with van der Waals surface area (Å²) in [6.45, 7) is 7.67. The van der Waals surface area contributed by atoms with Gasteiger partial charge in [-0.15, -0.1) is 0 Å². The highest BCUT2D eigenvalue weighted by molar-refractivity contribution is 6.04. The molecule has 1 aromatic rings. The third-order valence-corrected chi connectivity index (χ3v) is 2.36. The van der Waals surface area contributed by atoms with E-state index in [1.807, 2.05) is 20.8 Å². The number of ketones is 1. The molecule has 18 heavy (non-hydrogen) atoms. The molecule has 4 nitrogen and oxygen atoms in total. The van der Waals surface area contributed by atoms with Crippen molar-refractivity contribution >= 4 is 17.4 Å². The Hall–Kier alpha value is -1.68. The number of benzene rings is 1. The molecule has 0 unspecified atom stereocenters. The Kier molecular flexibility index (Phi) is 4.62. The summed E-state index contributed by atoms with van der Waals surface area (Å²) in [6.07, 6.45) is 0. The Labute approximate surface area is 108 Å². The molecule has 1 rings (SSSR count). The number of Topliss-reactive ketones (excluding diaryl/α,β-unsaturated/α-hetero) is 1. The standard InChI is InChI=1S/C14H20N2O2/c1-10(17)11-7-5-6-8-12(11)16-13(18)9-15-14(2,3)4/h5-8,15H,9H2,1-4H3,(H,16,18). The van der Waals surface area contributed by atoms with Gasteiger partial charge in [-0.25, -0.2) is 0 Å². The molecular formula is C14H20N2O2. The van der Waals surface area contributed by atoms with E-state index in [0.29, 0.717) is 11.3 Å². The second-order valence-electron chi connectivity index (χ2n) is 5.25. The van der Waals surface area contributed by atoms with E-state index in [4.69, 9.17) is 0 Å². The van der Waals surface area contributed by atoms with Crippen LogP contribution in [0.5, 0.6) is 0 Å². The molecule has 0 fully saturated rings. The number of amides is 1. The lowest BCUT2D eigenvalue weighted by Gasteiger charge is -2.20. The van der Waals surface area contributed by atoms with E-state index in [2.05, 4.69) is 10.6 Å². The zero-order valence-corrected chi connectivity index (χ0v) is 11.3. The van der Waals surface area contributed by atoms with E-state index in [1.165, 1.54) is 6.92 Å². The van der Waals surface area contributed by atoms with Crippen LogP contribution in [0.4, 0.5) is 5.69 Å². The third kappa shape index (κ3) is 4.67. The summed E-state index contributed by atoms with van der Waals surface area (Å²) in [7, 11) is 0. The summed E-state index contributed by atoms with van der Waals surface area (Å²) >= 11 is 0. The van der Waals surface area contributed by atoms with Crippen LogP contribution in [0.1, 0.15) is 38.1 Å². The molecular weight excluding hydrogens is 228 g/mol. The molecule has 0 spiro atoms. The molecule has 0 saturated carbocycles. The molecule has 98 valence electrons. The molecule has 0 saturated heterocycles. The quantitative estimate of drug-likeness (QED) is 0.803. The summed E-state index contributed by atoms with van der Waals surface area (Å²) < 4.78 is 0. The van der Waals surface area contributed by atoms with Crippen LogP contribution in [0, 0.1) is 0 Å². The Bertz CT molecular complexity index is 447. The molecule has 0 aromatic heterocycles. The smallest absolute Gasteiger partial charge is 0.238 e. The molecule has 0 bridgehead atoms. The maximum atomic E-state index is 11.7. The molecule has 4 heteroatoms. The predicted molar refractivity (Wildman–Crippen MR) is 72.8 cm³/mol. The topological polar surface area (TPSA) is 58.2 Å². The third-order valence-electron chi connectivity index (χ3n) is 2.36. The highest BCUT2D eigenvalue weighted by Gasteiger charge is 2.13. The van der Waals surface area contributed by atoms with E-state index in [0.717, 1.165) is 0 Å². The molecule has 0 aliphatic rings. The first-order valence-corrected chi connectivity index (χ1v) is 5.94. The summed E-state index contributed by atoms with van der Waals surface area (Å²) in [5, 5.41) is 5.84. The van der Waals surface area contributed by atoms with Gasteiger partial charge in [0.1, 0.15) is 0 Å². The summed E-state index contributed by atoms with van der Waals surface area (Å²) in [5.41, 5.74) is 0.976. The van der Waals surface area contributed by atoms with Crippen molar-refractivity contribution < 1.29 is 9.59 Å². The maximum absolute atomic E-state index is 11.7. The summed E-state index contributed by atoms with van der Waals surface area (Å²) in [5.74, 6) is -0.215. The van der Waals surface area contributed by atoms with Crippen LogP contribution >= 0.6 is 0 Å². The van der Waals surface area contributed by atoms with Crippen molar-refractivity contribution in [2.24, 2.45) is 0 Å². The first-order valence-electron chi connectivity index (χ1n) is 5.94. The van der Waals surface area contributed by atoms with Gasteiger partial charge in [0.2, 0.25) is 5.91 Å². The number of hydrogen-bond acceptors (Lipinski definition) is 3. The van der Waals surface area contributed by atoms with Gasteiger partial charge in [-0.3, -0.25) is 9.59 Å². The number of nitrogens with one attached hydrogen (secondary N) is 2. The number of carbonyl (C=O) groups excluding carboxylic acids is 2. The van der Waals surface area contributed by atoms with Crippen LogP contribution in [0.3, 0.4) is 0 Å². The van der Waals surface area contributed by atoms with Crippen LogP contribution in [0.15, 0.2) is 24.3 Å². The molecule has 0 atom stereocenters. The van der Waals surface area contributed by atoms with Gasteiger partial charge in [0.05, 0.1) is 12.2 Å². The zero-order chi connectivity index (χ0) is 13.8. The van der Waals surface area contributed by atoms with Gasteiger partial charge in [-0.2, -0.15) is 0 Å². The van der Waals surface area contributed by atoms with Crippen molar-refractivity contribution in [2.75, 3.05) is 11.9 Å². The SMILES string of the molecule is CC(=O)c1ccccc1NC(=O)CNC(C)(C)C. The van der Waals surface area contributed by atoms with Crippen molar-refractivity contribution in [2.45, 2.75) is 33.2 Å². The van der Waals surface area contributed by atoms with Crippen molar-refractivity contribution in [1.29, 1.82) is 0 Å². The normalized spacial score (nSPS) is 11.1. The van der Waals surface area contributed by atoms with E-state index in [9.17, 15) is 9.59 Å². The van der Waals surface area contributed by atoms with Crippen molar-refractivity contribution in [1.82, 2.24) is 5.32 Å². The summed E-state index contributed by atoms with van der Waals surface area (Å²) in [4.78, 5) is 23.1. The average Bonchev–Trinajstić information content (AvgIpc) is 2.26. The van der Waals surface area contributed by atoms with Crippen molar-refractivity contribution in [3.63, 3.8) is 0 Å². The van der Waals surface area contributed by atoms with Gasteiger partial charge in [0, 0.05) is 11.1 Å². The monoisotopic (exact) mass is 248 g/mol. The van der Waals surface area contributed by atoms with Gasteiger partial charge in [-0.1, -0.05) is 12.1 Å². The van der Waals surface area contributed by atoms with Crippen LogP contribution in [0.25, 0.3) is 0 Å². The highest BCUT2D eigenvalue weighted by atomic mass is 16.2. The fraction of sp³-hybridized carbons (Fsp3) is 0.429. The van der Waals surface area contributed by atoms with Crippen LogP contribution < -0.4 is 10.6 Å². The molecule has 0 aliphatic carbocycles. The van der Waals surface area contributed by atoms with E-state index in [-0.39, 0.29) is 23.8 Å². The minimum absolute atomic E-state index is 0.0605. The Morgan fingerprint density at radius 1 is 1.17 bits per heavy atom. The number of para-hydroxylation sites is 1. The second kappa shape index (κ2) is 5.78. The molecule has 1 aromatic carbocycles. The minimum atomic E-state index is -0.154. The van der Waals surface area contributed by atoms with Crippen molar-refractivity contribution in [3.05, 3.63) is 29.8 Å². The lowest BCUT2D eigenvalue weighted by atomic mass is 10.1. The van der Waals surface area contributed by atoms with E-state index < -0.39 is 0 Å². The highest BCUT2D eigenvalue weighted by Crippen LogP contribution is 2.15. The van der Waals surface area contributed by atoms with Gasteiger partial charge < -0.3 is 10.6 Å². The Balaban J connectivity index is 2.68.